The molecule has 0 bridgehead atoms. The third-order valence-electron chi connectivity index (χ3n) is 5.13. The molecule has 0 aliphatic carbocycles. The minimum Gasteiger partial charge on any atom is -0.297 e. The number of rotatable bonds is 11. The van der Waals surface area contributed by atoms with Gasteiger partial charge in [-0.05, 0) is 26.7 Å². The van der Waals surface area contributed by atoms with Gasteiger partial charge in [-0.3, -0.25) is 27.9 Å². The van der Waals surface area contributed by atoms with Gasteiger partial charge in [0.15, 0.2) is 0 Å². The van der Waals surface area contributed by atoms with E-state index in [-0.39, 0.29) is 22.5 Å². The largest absolute Gasteiger partial charge is 0.331 e. The number of aromatic nitrogens is 4. The fourth-order valence-corrected chi connectivity index (χ4v) is 3.90. The van der Waals surface area contributed by atoms with Gasteiger partial charge >= 0.3 is 11.4 Å². The number of aryl methyl sites for hydroxylation is 2. The summed E-state index contributed by atoms with van der Waals surface area (Å²) >= 11 is 8.33. The van der Waals surface area contributed by atoms with Crippen LogP contribution < -0.4 is 22.5 Å². The van der Waals surface area contributed by atoms with Gasteiger partial charge < -0.3 is 0 Å². The summed E-state index contributed by atoms with van der Waals surface area (Å²) in [5, 5.41) is 0. The molecule has 2 rings (SSSR count). The molecule has 2 aromatic heterocycles. The van der Waals surface area contributed by atoms with Crippen LogP contribution >= 0.6 is 25.3 Å². The average molecular weight is 455 g/mol. The highest BCUT2D eigenvalue weighted by Gasteiger charge is 2.09. The lowest BCUT2D eigenvalue weighted by atomic mass is 10.2. The summed E-state index contributed by atoms with van der Waals surface area (Å²) in [6, 6.07) is 2.95. The molecular weight excluding hydrogens is 424 g/mol. The Hall–Kier alpha value is -1.94. The topological polar surface area (TPSA) is 88.0 Å². The Morgan fingerprint density at radius 2 is 0.967 bits per heavy atom. The van der Waals surface area contributed by atoms with Gasteiger partial charge in [0.1, 0.15) is 0 Å². The third kappa shape index (κ3) is 5.81. The van der Waals surface area contributed by atoms with Crippen LogP contribution in [-0.2, 0) is 26.2 Å². The molecule has 0 spiro atoms. The molecule has 0 aliphatic heterocycles. The van der Waals surface area contributed by atoms with E-state index in [1.807, 2.05) is 0 Å². The van der Waals surface area contributed by atoms with Crippen molar-refractivity contribution in [3.05, 3.63) is 65.2 Å². The monoisotopic (exact) mass is 454 g/mol. The molecule has 0 fully saturated rings. The lowest BCUT2D eigenvalue weighted by Crippen LogP contribution is -2.41. The lowest BCUT2D eigenvalue weighted by molar-refractivity contribution is 0.486. The molecule has 0 amide bonds. The molecule has 0 atom stereocenters. The summed E-state index contributed by atoms with van der Waals surface area (Å²) in [7, 11) is 0. The first-order valence-corrected chi connectivity index (χ1v) is 11.4. The first kappa shape index (κ1) is 24.3. The number of hydrogen-bond donors (Lipinski definition) is 2. The fourth-order valence-electron chi connectivity index (χ4n) is 3.50. The van der Waals surface area contributed by atoms with Crippen LogP contribution in [0.2, 0.25) is 0 Å². The zero-order chi connectivity index (χ0) is 22.3. The van der Waals surface area contributed by atoms with Gasteiger partial charge in [0.25, 0.3) is 11.1 Å². The summed E-state index contributed by atoms with van der Waals surface area (Å²) in [4.78, 5) is 49.3. The normalized spacial score (nSPS) is 11.2. The maximum absolute atomic E-state index is 12.5. The first-order valence-electron chi connectivity index (χ1n) is 10.2. The lowest BCUT2D eigenvalue weighted by Gasteiger charge is -2.13. The van der Waals surface area contributed by atoms with E-state index >= 15 is 0 Å². The minimum absolute atomic E-state index is 0.288. The van der Waals surface area contributed by atoms with Gasteiger partial charge in [0, 0.05) is 61.2 Å². The molecule has 2 heterocycles. The highest BCUT2D eigenvalue weighted by molar-refractivity contribution is 7.80. The van der Waals surface area contributed by atoms with E-state index in [2.05, 4.69) is 25.3 Å². The molecule has 0 N–H and O–H groups in total. The van der Waals surface area contributed by atoms with E-state index in [9.17, 15) is 19.2 Å². The van der Waals surface area contributed by atoms with Crippen molar-refractivity contribution in [3.63, 3.8) is 0 Å². The SMILES string of the molecule is Cc1cc(=O)n(CCCCCCn2c(=O)cc(C)n(CCS)c2=O)c(=O)n1CCS. The van der Waals surface area contributed by atoms with Gasteiger partial charge in [-0.2, -0.15) is 25.3 Å². The zero-order valence-electron chi connectivity index (χ0n) is 17.5. The van der Waals surface area contributed by atoms with Crippen LogP contribution in [0.15, 0.2) is 31.3 Å². The molecule has 0 radical (unpaired) electrons. The highest BCUT2D eigenvalue weighted by atomic mass is 32.1. The van der Waals surface area contributed by atoms with Crippen molar-refractivity contribution in [2.45, 2.75) is 65.7 Å². The molecule has 10 heteroatoms. The van der Waals surface area contributed by atoms with Crippen molar-refractivity contribution in [2.24, 2.45) is 0 Å². The minimum atomic E-state index is -0.301. The Morgan fingerprint density at radius 1 is 0.600 bits per heavy atom. The summed E-state index contributed by atoms with van der Waals surface area (Å²) in [6.45, 7) is 5.11. The van der Waals surface area contributed by atoms with Crippen molar-refractivity contribution in [1.29, 1.82) is 0 Å². The van der Waals surface area contributed by atoms with Gasteiger partial charge in [0.05, 0.1) is 0 Å². The van der Waals surface area contributed by atoms with E-state index in [0.717, 1.165) is 12.8 Å². The Bertz CT molecular complexity index is 1010. The van der Waals surface area contributed by atoms with Crippen molar-refractivity contribution in [1.82, 2.24) is 18.3 Å². The van der Waals surface area contributed by atoms with Crippen molar-refractivity contribution >= 4 is 25.3 Å². The molecule has 2 aromatic rings. The molecule has 0 saturated carbocycles. The summed E-state index contributed by atoms with van der Waals surface area (Å²) < 4.78 is 5.65. The van der Waals surface area contributed by atoms with Gasteiger partial charge in [-0.15, -0.1) is 0 Å². The van der Waals surface area contributed by atoms with Crippen LogP contribution in [0.1, 0.15) is 37.1 Å². The predicted octanol–water partition coefficient (Wildman–Crippen LogP) is 1.07. The molecule has 166 valence electrons. The van der Waals surface area contributed by atoms with Crippen molar-refractivity contribution < 1.29 is 0 Å². The molecule has 0 aliphatic rings. The standard InChI is InChI=1S/C20H30N4O4S2/c1-15-13-17(25)23(19(27)21(15)9-11-29)7-5-3-4-6-8-24-18(26)14-16(2)22(10-12-30)20(24)28/h13-14,29-30H,3-12H2,1-2H3. The maximum Gasteiger partial charge on any atom is 0.331 e. The van der Waals surface area contributed by atoms with Crippen LogP contribution in [0.5, 0.6) is 0 Å². The van der Waals surface area contributed by atoms with Crippen LogP contribution in [-0.4, -0.2) is 29.8 Å². The number of thiol groups is 2. The second kappa shape index (κ2) is 11.5. The number of unbranched alkanes of at least 4 members (excludes halogenated alkanes) is 3. The molecule has 0 aromatic carbocycles. The molecular formula is C20H30N4O4S2. The molecule has 30 heavy (non-hydrogen) atoms. The maximum atomic E-state index is 12.5. The summed E-state index contributed by atoms with van der Waals surface area (Å²) in [5.74, 6) is 1.04. The van der Waals surface area contributed by atoms with Crippen molar-refractivity contribution in [2.75, 3.05) is 11.5 Å². The van der Waals surface area contributed by atoms with Gasteiger partial charge in [0.2, 0.25) is 0 Å². The number of nitrogens with zero attached hydrogens (tertiary/aromatic N) is 4. The second-order valence-electron chi connectivity index (χ2n) is 7.28. The quantitative estimate of drug-likeness (QED) is 0.393. The Kier molecular flexibility index (Phi) is 9.29. The van der Waals surface area contributed by atoms with E-state index in [1.54, 1.807) is 23.0 Å². The zero-order valence-corrected chi connectivity index (χ0v) is 19.3. The third-order valence-corrected chi connectivity index (χ3v) is 5.53. The number of hydrogen-bond acceptors (Lipinski definition) is 6. The van der Waals surface area contributed by atoms with Crippen LogP contribution in [0.25, 0.3) is 0 Å². The average Bonchev–Trinajstić information content (AvgIpc) is 2.69. The molecule has 0 unspecified atom stereocenters. The molecule has 0 saturated heterocycles. The van der Waals surface area contributed by atoms with Crippen molar-refractivity contribution in [3.8, 4) is 0 Å². The predicted molar refractivity (Wildman–Crippen MR) is 126 cm³/mol. The van der Waals surface area contributed by atoms with E-state index in [4.69, 9.17) is 0 Å². The summed E-state index contributed by atoms with van der Waals surface area (Å²) in [5.41, 5.74) is 0.104. The Morgan fingerprint density at radius 3 is 1.30 bits per heavy atom. The Labute approximate surface area is 186 Å². The van der Waals surface area contributed by atoms with E-state index in [0.29, 0.717) is 61.9 Å². The van der Waals surface area contributed by atoms with E-state index < -0.39 is 0 Å². The second-order valence-corrected chi connectivity index (χ2v) is 8.18. The molecule has 8 nitrogen and oxygen atoms in total. The smallest absolute Gasteiger partial charge is 0.297 e. The van der Waals surface area contributed by atoms with Crippen LogP contribution in [0.4, 0.5) is 0 Å². The Balaban J connectivity index is 1.94. The fraction of sp³-hybridized carbons (Fsp3) is 0.600. The summed E-state index contributed by atoms with van der Waals surface area (Å²) in [6.07, 6.45) is 2.92. The van der Waals surface area contributed by atoms with E-state index in [1.165, 1.54) is 21.3 Å². The van der Waals surface area contributed by atoms with Crippen LogP contribution in [0, 0.1) is 13.8 Å². The van der Waals surface area contributed by atoms with Gasteiger partial charge in [-0.25, -0.2) is 9.59 Å². The van der Waals surface area contributed by atoms with Crippen LogP contribution in [0.3, 0.4) is 0 Å². The highest BCUT2D eigenvalue weighted by Crippen LogP contribution is 2.02. The van der Waals surface area contributed by atoms with Gasteiger partial charge in [-0.1, -0.05) is 12.8 Å². The first-order chi connectivity index (χ1) is 14.3.